The molecule has 4 aromatic rings. The van der Waals surface area contributed by atoms with Crippen LogP contribution in [0.2, 0.25) is 5.02 Å². The minimum absolute atomic E-state index is 0.0223. The van der Waals surface area contributed by atoms with Crippen molar-refractivity contribution in [1.82, 2.24) is 15.2 Å². The number of carbonyl (C=O) groups is 2. The molecule has 1 N–H and O–H groups in total. The monoisotopic (exact) mass is 598 g/mol. The van der Waals surface area contributed by atoms with Gasteiger partial charge in [-0.3, -0.25) is 14.5 Å². The quantitative estimate of drug-likeness (QED) is 0.128. The standard InChI is InChI=1S/C27H23ClN4O4S3/c1-4-36-19-7-5-6-17(12-19)21-20(22(33)24-14(2)29-15(3)38-24)23(34)25(35)32(21)26-30-31-27(39-26)37-13-16-8-10-18(28)11-9-16/h5-12,21,34H,4,13H2,1-3H3. The highest BCUT2D eigenvalue weighted by Crippen LogP contribution is 2.45. The fourth-order valence-electron chi connectivity index (χ4n) is 4.24. The van der Waals surface area contributed by atoms with Crippen LogP contribution >= 0.6 is 46.0 Å². The number of ketones is 1. The number of aliphatic hydroxyl groups is 1. The first-order valence-corrected chi connectivity index (χ1v) is 15.0. The molecule has 0 aliphatic carbocycles. The van der Waals surface area contributed by atoms with E-state index in [-0.39, 0.29) is 10.7 Å². The smallest absolute Gasteiger partial charge is 0.296 e. The maximum atomic E-state index is 13.8. The van der Waals surface area contributed by atoms with Gasteiger partial charge < -0.3 is 9.84 Å². The van der Waals surface area contributed by atoms with E-state index >= 15 is 0 Å². The van der Waals surface area contributed by atoms with Crippen molar-refractivity contribution in [3.8, 4) is 5.75 Å². The predicted molar refractivity (Wildman–Crippen MR) is 154 cm³/mol. The summed E-state index contributed by atoms with van der Waals surface area (Å²) in [4.78, 5) is 33.4. The van der Waals surface area contributed by atoms with E-state index < -0.39 is 23.5 Å². The fourth-order valence-corrected chi connectivity index (χ4v) is 7.06. The van der Waals surface area contributed by atoms with Crippen molar-refractivity contribution in [2.75, 3.05) is 11.5 Å². The summed E-state index contributed by atoms with van der Waals surface area (Å²) in [6, 6.07) is 13.7. The molecule has 0 bridgehead atoms. The molecule has 0 fully saturated rings. The van der Waals surface area contributed by atoms with Crippen LogP contribution in [0.3, 0.4) is 0 Å². The third-order valence-corrected chi connectivity index (χ3v) is 9.38. The number of rotatable bonds is 9. The van der Waals surface area contributed by atoms with Gasteiger partial charge in [-0.1, -0.05) is 59.0 Å². The summed E-state index contributed by atoms with van der Waals surface area (Å²) in [5.74, 6) is -0.545. The second kappa shape index (κ2) is 11.5. The molecule has 1 atom stereocenters. The summed E-state index contributed by atoms with van der Waals surface area (Å²) in [5.41, 5.74) is 2.19. The Kier molecular flexibility index (Phi) is 8.03. The average molecular weight is 599 g/mol. The van der Waals surface area contributed by atoms with Gasteiger partial charge in [0, 0.05) is 10.8 Å². The first-order chi connectivity index (χ1) is 18.8. The van der Waals surface area contributed by atoms with Crippen molar-refractivity contribution in [2.45, 2.75) is 36.9 Å². The zero-order chi connectivity index (χ0) is 27.7. The lowest BCUT2D eigenvalue weighted by atomic mass is 9.95. The molecule has 1 amide bonds. The minimum Gasteiger partial charge on any atom is -0.503 e. The Morgan fingerprint density at radius 3 is 2.62 bits per heavy atom. The van der Waals surface area contributed by atoms with Crippen molar-refractivity contribution in [3.05, 3.63) is 91.6 Å². The number of thioether (sulfide) groups is 1. The Bertz CT molecular complexity index is 1580. The number of aromatic nitrogens is 3. The van der Waals surface area contributed by atoms with Crippen LogP contribution < -0.4 is 9.64 Å². The second-order valence-corrected chi connectivity index (χ2v) is 12.4. The lowest BCUT2D eigenvalue weighted by Gasteiger charge is -2.24. The Balaban J connectivity index is 1.52. The Morgan fingerprint density at radius 2 is 1.92 bits per heavy atom. The van der Waals surface area contributed by atoms with Crippen LogP contribution in [0.1, 0.15) is 44.5 Å². The topological polar surface area (TPSA) is 106 Å². The largest absolute Gasteiger partial charge is 0.503 e. The number of hydrogen-bond donors (Lipinski definition) is 1. The second-order valence-electron chi connectivity index (χ2n) is 8.59. The number of amides is 1. The minimum atomic E-state index is -0.922. The van der Waals surface area contributed by atoms with Gasteiger partial charge in [-0.25, -0.2) is 4.98 Å². The van der Waals surface area contributed by atoms with E-state index in [1.165, 1.54) is 39.3 Å². The first-order valence-electron chi connectivity index (χ1n) is 12.0. The molecule has 200 valence electrons. The van der Waals surface area contributed by atoms with E-state index in [9.17, 15) is 14.7 Å². The number of ether oxygens (including phenoxy) is 1. The number of halogens is 1. The molecule has 1 aliphatic heterocycles. The van der Waals surface area contributed by atoms with Crippen LogP contribution in [0, 0.1) is 13.8 Å². The molecule has 1 unspecified atom stereocenters. The van der Waals surface area contributed by atoms with Crippen molar-refractivity contribution in [1.29, 1.82) is 0 Å². The summed E-state index contributed by atoms with van der Waals surface area (Å²) in [6.07, 6.45) is 0. The van der Waals surface area contributed by atoms with Crippen LogP contribution in [-0.2, 0) is 10.5 Å². The van der Waals surface area contributed by atoms with E-state index in [4.69, 9.17) is 16.3 Å². The van der Waals surface area contributed by atoms with Gasteiger partial charge in [0.1, 0.15) is 5.75 Å². The highest BCUT2D eigenvalue weighted by atomic mass is 35.5. The maximum absolute atomic E-state index is 13.8. The van der Waals surface area contributed by atoms with Crippen LogP contribution in [0.5, 0.6) is 5.75 Å². The molecule has 0 radical (unpaired) electrons. The molecule has 2 aromatic heterocycles. The fraction of sp³-hybridized carbons (Fsp3) is 0.222. The lowest BCUT2D eigenvalue weighted by molar-refractivity contribution is -0.117. The summed E-state index contributed by atoms with van der Waals surface area (Å²) in [7, 11) is 0. The number of Topliss-reactive ketones (excluding diaryl/α,β-unsaturated/α-hetero) is 1. The van der Waals surface area contributed by atoms with E-state index in [0.29, 0.717) is 43.6 Å². The predicted octanol–water partition coefficient (Wildman–Crippen LogP) is 6.74. The van der Waals surface area contributed by atoms with Gasteiger partial charge in [-0.2, -0.15) is 0 Å². The number of nitrogens with zero attached hydrogens (tertiary/aromatic N) is 4. The molecule has 12 heteroatoms. The summed E-state index contributed by atoms with van der Waals surface area (Å²) >= 11 is 9.90. The third-order valence-electron chi connectivity index (χ3n) is 5.92. The van der Waals surface area contributed by atoms with Crippen LogP contribution in [0.15, 0.2) is 64.2 Å². The summed E-state index contributed by atoms with van der Waals surface area (Å²) < 4.78 is 6.32. The molecule has 2 aromatic carbocycles. The maximum Gasteiger partial charge on any atom is 0.296 e. The lowest BCUT2D eigenvalue weighted by Crippen LogP contribution is -2.31. The van der Waals surface area contributed by atoms with Crippen LogP contribution in [0.25, 0.3) is 0 Å². The third kappa shape index (κ3) is 5.58. The molecule has 5 rings (SSSR count). The highest BCUT2D eigenvalue weighted by molar-refractivity contribution is 8.00. The molecule has 0 spiro atoms. The van der Waals surface area contributed by atoms with Crippen LogP contribution in [-0.4, -0.2) is 38.6 Å². The van der Waals surface area contributed by atoms with E-state index in [2.05, 4.69) is 15.2 Å². The molecule has 8 nitrogen and oxygen atoms in total. The van der Waals surface area contributed by atoms with Gasteiger partial charge in [0.05, 0.1) is 33.8 Å². The molecule has 0 saturated carbocycles. The molecule has 1 aliphatic rings. The van der Waals surface area contributed by atoms with Gasteiger partial charge >= 0.3 is 0 Å². The van der Waals surface area contributed by atoms with Crippen molar-refractivity contribution < 1.29 is 19.4 Å². The SMILES string of the molecule is CCOc1cccc(C2C(C(=O)c3sc(C)nc3C)=C(O)C(=O)N2c2nnc(SCc3ccc(Cl)cc3)s2)c1. The van der Waals surface area contributed by atoms with Crippen molar-refractivity contribution in [2.24, 2.45) is 0 Å². The Labute approximate surface area is 242 Å². The molecular weight excluding hydrogens is 576 g/mol. The summed E-state index contributed by atoms with van der Waals surface area (Å²) in [5, 5.41) is 21.3. The molecule has 0 saturated heterocycles. The molecule has 3 heterocycles. The number of benzene rings is 2. The number of thiazole rings is 1. The number of carbonyl (C=O) groups excluding carboxylic acids is 2. The zero-order valence-corrected chi connectivity index (χ0v) is 24.4. The Morgan fingerprint density at radius 1 is 1.15 bits per heavy atom. The van der Waals surface area contributed by atoms with Crippen molar-refractivity contribution >= 4 is 62.9 Å². The van der Waals surface area contributed by atoms with Gasteiger partial charge in [-0.15, -0.1) is 21.5 Å². The van der Waals surface area contributed by atoms with Crippen molar-refractivity contribution in [3.63, 3.8) is 0 Å². The van der Waals surface area contributed by atoms with Crippen LogP contribution in [0.4, 0.5) is 5.13 Å². The number of aryl methyl sites for hydroxylation is 2. The molecule has 39 heavy (non-hydrogen) atoms. The van der Waals surface area contributed by atoms with Gasteiger partial charge in [0.15, 0.2) is 10.1 Å². The zero-order valence-electron chi connectivity index (χ0n) is 21.2. The highest BCUT2D eigenvalue weighted by Gasteiger charge is 2.46. The van der Waals surface area contributed by atoms with Gasteiger partial charge in [-0.05, 0) is 56.2 Å². The number of hydrogen-bond acceptors (Lipinski definition) is 10. The Hall–Kier alpha value is -3.25. The number of anilines is 1. The first kappa shape index (κ1) is 27.3. The van der Waals surface area contributed by atoms with Gasteiger partial charge in [0.2, 0.25) is 10.9 Å². The van der Waals surface area contributed by atoms with Gasteiger partial charge in [0.25, 0.3) is 5.91 Å². The summed E-state index contributed by atoms with van der Waals surface area (Å²) in [6.45, 7) is 5.87. The molecular formula is C27H23ClN4O4S3. The van der Waals surface area contributed by atoms with E-state index in [1.807, 2.05) is 38.1 Å². The van der Waals surface area contributed by atoms with E-state index in [0.717, 1.165) is 10.6 Å². The number of aliphatic hydroxyl groups excluding tert-OH is 1. The van der Waals surface area contributed by atoms with E-state index in [1.54, 1.807) is 31.2 Å². The normalized spacial score (nSPS) is 15.3. The average Bonchev–Trinajstić information content (AvgIpc) is 3.59.